The van der Waals surface area contributed by atoms with E-state index < -0.39 is 18.7 Å². The van der Waals surface area contributed by atoms with E-state index in [2.05, 4.69) is 4.74 Å². The summed E-state index contributed by atoms with van der Waals surface area (Å²) in [6, 6.07) is 5.48. The highest BCUT2D eigenvalue weighted by molar-refractivity contribution is 5.94. The van der Waals surface area contributed by atoms with E-state index >= 15 is 0 Å². The van der Waals surface area contributed by atoms with E-state index in [9.17, 15) is 18.4 Å². The van der Waals surface area contributed by atoms with Gasteiger partial charge >= 0.3 is 12.6 Å². The van der Waals surface area contributed by atoms with Crippen LogP contribution in [0.3, 0.4) is 0 Å². The number of halogens is 2. The van der Waals surface area contributed by atoms with Gasteiger partial charge < -0.3 is 19.1 Å². The van der Waals surface area contributed by atoms with Gasteiger partial charge in [-0.15, -0.1) is 0 Å². The Labute approximate surface area is 131 Å². The Morgan fingerprint density at radius 1 is 1.22 bits per heavy atom. The number of nitrogens with zero attached hydrogens (tertiary/aromatic N) is 1. The van der Waals surface area contributed by atoms with Crippen molar-refractivity contribution in [1.82, 2.24) is 4.90 Å². The molecule has 0 saturated carbocycles. The van der Waals surface area contributed by atoms with Crippen molar-refractivity contribution in [2.75, 3.05) is 26.3 Å². The van der Waals surface area contributed by atoms with E-state index in [1.165, 1.54) is 36.1 Å². The third-order valence-electron chi connectivity index (χ3n) is 3.28. The molecule has 2 rings (SSSR count). The zero-order valence-corrected chi connectivity index (χ0v) is 12.5. The molecule has 0 aromatic heterocycles. The monoisotopic (exact) mass is 329 g/mol. The van der Waals surface area contributed by atoms with Gasteiger partial charge in [0, 0.05) is 13.1 Å². The lowest BCUT2D eigenvalue weighted by Gasteiger charge is -2.29. The number of carbonyl (C=O) groups excluding carboxylic acids is 2. The second-order valence-electron chi connectivity index (χ2n) is 4.86. The zero-order chi connectivity index (χ0) is 16.8. The molecule has 0 aliphatic carbocycles. The van der Waals surface area contributed by atoms with Crippen LogP contribution in [-0.2, 0) is 14.3 Å². The Hall–Kier alpha value is -2.22. The van der Waals surface area contributed by atoms with Gasteiger partial charge in [0.2, 0.25) is 0 Å². The minimum absolute atomic E-state index is 0.158. The summed E-state index contributed by atoms with van der Waals surface area (Å²) in [7, 11) is 0. The van der Waals surface area contributed by atoms with Crippen LogP contribution in [-0.4, -0.2) is 55.8 Å². The largest absolute Gasteiger partial charge is 0.449 e. The van der Waals surface area contributed by atoms with Gasteiger partial charge in [-0.05, 0) is 19.1 Å². The zero-order valence-electron chi connectivity index (χ0n) is 12.5. The number of morpholine rings is 1. The molecule has 1 aromatic carbocycles. The van der Waals surface area contributed by atoms with Crippen LogP contribution >= 0.6 is 0 Å². The Morgan fingerprint density at radius 2 is 1.87 bits per heavy atom. The SMILES string of the molecule is CC(OC(=O)c1ccccc1OC(F)F)C(=O)N1CCOCC1. The summed E-state index contributed by atoms with van der Waals surface area (Å²) in [6.07, 6.45) is -1.03. The average molecular weight is 329 g/mol. The minimum atomic E-state index is -3.06. The van der Waals surface area contributed by atoms with Crippen LogP contribution in [0, 0.1) is 0 Å². The number of amides is 1. The summed E-state index contributed by atoms with van der Waals surface area (Å²) in [4.78, 5) is 25.8. The van der Waals surface area contributed by atoms with Gasteiger partial charge in [0.1, 0.15) is 11.3 Å². The second kappa shape index (κ2) is 7.87. The van der Waals surface area contributed by atoms with Crippen molar-refractivity contribution in [3.8, 4) is 5.75 Å². The molecule has 1 amide bonds. The van der Waals surface area contributed by atoms with E-state index in [0.717, 1.165) is 0 Å². The van der Waals surface area contributed by atoms with Crippen LogP contribution in [0.2, 0.25) is 0 Å². The molecule has 6 nitrogen and oxygen atoms in total. The maximum atomic E-state index is 12.4. The molecule has 1 fully saturated rings. The Balaban J connectivity index is 2.02. The van der Waals surface area contributed by atoms with E-state index in [1.807, 2.05) is 0 Å². The first-order chi connectivity index (χ1) is 11.0. The molecular formula is C15H17F2NO5. The van der Waals surface area contributed by atoms with Crippen molar-refractivity contribution < 1.29 is 32.6 Å². The molecule has 8 heteroatoms. The van der Waals surface area contributed by atoms with Gasteiger partial charge in [0.25, 0.3) is 5.91 Å². The molecular weight excluding hydrogens is 312 g/mol. The molecule has 126 valence electrons. The number of hydrogen-bond donors (Lipinski definition) is 0. The van der Waals surface area contributed by atoms with Crippen LogP contribution in [0.5, 0.6) is 5.75 Å². The molecule has 1 heterocycles. The summed E-state index contributed by atoms with van der Waals surface area (Å²) in [6.45, 7) is 0.0788. The maximum Gasteiger partial charge on any atom is 0.387 e. The number of hydrogen-bond acceptors (Lipinski definition) is 5. The number of rotatable bonds is 5. The smallest absolute Gasteiger partial charge is 0.387 e. The molecule has 1 atom stereocenters. The van der Waals surface area contributed by atoms with Crippen LogP contribution in [0.4, 0.5) is 8.78 Å². The number of ether oxygens (including phenoxy) is 3. The minimum Gasteiger partial charge on any atom is -0.449 e. The Morgan fingerprint density at radius 3 is 2.52 bits per heavy atom. The van der Waals surface area contributed by atoms with Crippen molar-refractivity contribution >= 4 is 11.9 Å². The van der Waals surface area contributed by atoms with Crippen molar-refractivity contribution in [3.63, 3.8) is 0 Å². The fourth-order valence-electron chi connectivity index (χ4n) is 2.15. The third kappa shape index (κ3) is 4.62. The number of para-hydroxylation sites is 1. The first-order valence-electron chi connectivity index (χ1n) is 7.10. The first-order valence-corrected chi connectivity index (χ1v) is 7.10. The molecule has 0 spiro atoms. The van der Waals surface area contributed by atoms with Gasteiger partial charge in [0.05, 0.1) is 13.2 Å². The lowest BCUT2D eigenvalue weighted by molar-refractivity contribution is -0.143. The van der Waals surface area contributed by atoms with Crippen LogP contribution < -0.4 is 4.74 Å². The quantitative estimate of drug-likeness (QED) is 0.769. The van der Waals surface area contributed by atoms with Gasteiger partial charge in [0.15, 0.2) is 6.10 Å². The van der Waals surface area contributed by atoms with E-state index in [0.29, 0.717) is 26.3 Å². The molecule has 1 saturated heterocycles. The molecule has 0 N–H and O–H groups in total. The molecule has 0 radical (unpaired) electrons. The van der Waals surface area contributed by atoms with Gasteiger partial charge in [-0.2, -0.15) is 8.78 Å². The van der Waals surface area contributed by atoms with Crippen LogP contribution in [0.15, 0.2) is 24.3 Å². The lowest BCUT2D eigenvalue weighted by atomic mass is 10.2. The fourth-order valence-corrected chi connectivity index (χ4v) is 2.15. The number of carbonyl (C=O) groups is 2. The molecule has 1 aromatic rings. The second-order valence-corrected chi connectivity index (χ2v) is 4.86. The van der Waals surface area contributed by atoms with Crippen molar-refractivity contribution in [1.29, 1.82) is 0 Å². The maximum absolute atomic E-state index is 12.4. The average Bonchev–Trinajstić information content (AvgIpc) is 2.54. The molecule has 0 bridgehead atoms. The van der Waals surface area contributed by atoms with Crippen molar-refractivity contribution in [2.24, 2.45) is 0 Å². The van der Waals surface area contributed by atoms with E-state index in [4.69, 9.17) is 9.47 Å². The molecule has 23 heavy (non-hydrogen) atoms. The van der Waals surface area contributed by atoms with Gasteiger partial charge in [-0.3, -0.25) is 4.79 Å². The van der Waals surface area contributed by atoms with Crippen LogP contribution in [0.1, 0.15) is 17.3 Å². The summed E-state index contributed by atoms with van der Waals surface area (Å²) >= 11 is 0. The van der Waals surface area contributed by atoms with Crippen molar-refractivity contribution in [3.05, 3.63) is 29.8 Å². The van der Waals surface area contributed by atoms with E-state index in [-0.39, 0.29) is 17.2 Å². The first kappa shape index (κ1) is 17.1. The molecule has 1 aliphatic heterocycles. The van der Waals surface area contributed by atoms with Crippen molar-refractivity contribution in [2.45, 2.75) is 19.6 Å². The lowest BCUT2D eigenvalue weighted by Crippen LogP contribution is -2.46. The van der Waals surface area contributed by atoms with Gasteiger partial charge in [-0.25, -0.2) is 4.79 Å². The number of benzene rings is 1. The summed E-state index contributed by atoms with van der Waals surface area (Å²) in [5.74, 6) is -1.54. The summed E-state index contributed by atoms with van der Waals surface area (Å²) < 4.78 is 39.2. The predicted octanol–water partition coefficient (Wildman–Crippen LogP) is 1.69. The topological polar surface area (TPSA) is 65.1 Å². The highest BCUT2D eigenvalue weighted by Gasteiger charge is 2.27. The highest BCUT2D eigenvalue weighted by atomic mass is 19.3. The molecule has 1 aliphatic rings. The normalized spacial score (nSPS) is 16.1. The number of esters is 1. The molecule has 1 unspecified atom stereocenters. The van der Waals surface area contributed by atoms with Gasteiger partial charge in [-0.1, -0.05) is 12.1 Å². The standard InChI is InChI=1S/C15H17F2NO5/c1-10(13(19)18-6-8-21-9-7-18)22-14(20)11-4-2-3-5-12(11)23-15(16)17/h2-5,10,15H,6-9H2,1H3. The Kier molecular flexibility index (Phi) is 5.86. The number of alkyl halides is 2. The third-order valence-corrected chi connectivity index (χ3v) is 3.28. The fraction of sp³-hybridized carbons (Fsp3) is 0.467. The summed E-state index contributed by atoms with van der Waals surface area (Å²) in [5, 5.41) is 0. The Bertz CT molecular complexity index is 561. The van der Waals surface area contributed by atoms with Crippen LogP contribution in [0.25, 0.3) is 0 Å². The summed E-state index contributed by atoms with van der Waals surface area (Å²) in [5.41, 5.74) is -0.158. The van der Waals surface area contributed by atoms with E-state index in [1.54, 1.807) is 0 Å². The highest BCUT2D eigenvalue weighted by Crippen LogP contribution is 2.21. The predicted molar refractivity (Wildman–Crippen MR) is 75.4 cm³/mol.